The number of amides is 1. The Kier molecular flexibility index (Phi) is 4.88. The van der Waals surface area contributed by atoms with Crippen molar-refractivity contribution in [2.45, 2.75) is 26.7 Å². The van der Waals surface area contributed by atoms with Crippen molar-refractivity contribution in [1.29, 1.82) is 0 Å². The minimum absolute atomic E-state index is 0.101. The third-order valence-corrected chi connectivity index (χ3v) is 5.66. The third-order valence-electron chi connectivity index (χ3n) is 4.77. The number of nitrogens with zero attached hydrogens (tertiary/aromatic N) is 2. The zero-order valence-corrected chi connectivity index (χ0v) is 16.6. The van der Waals surface area contributed by atoms with Crippen LogP contribution in [0.25, 0.3) is 16.2 Å². The molecule has 2 heterocycles. The van der Waals surface area contributed by atoms with Crippen LogP contribution in [0.5, 0.6) is 5.75 Å². The number of carbonyl (C=O) groups excluding carboxylic acids is 1. The number of nitrogens with one attached hydrogen (secondary N) is 1. The molecule has 0 saturated carbocycles. The van der Waals surface area contributed by atoms with Crippen molar-refractivity contribution in [2.75, 3.05) is 5.32 Å². The van der Waals surface area contributed by atoms with Crippen molar-refractivity contribution >= 4 is 27.9 Å². The van der Waals surface area contributed by atoms with Crippen LogP contribution in [0.3, 0.4) is 0 Å². The van der Waals surface area contributed by atoms with Crippen LogP contribution in [0.1, 0.15) is 23.7 Å². The van der Waals surface area contributed by atoms with E-state index in [0.29, 0.717) is 5.69 Å². The molecule has 0 radical (unpaired) electrons. The molecule has 4 aromatic rings. The monoisotopic (exact) mass is 391 g/mol. The van der Waals surface area contributed by atoms with Gasteiger partial charge in [0.1, 0.15) is 5.75 Å². The first-order chi connectivity index (χ1) is 13.5. The molecule has 1 amide bonds. The molecule has 0 spiro atoms. The molecule has 0 saturated heterocycles. The zero-order chi connectivity index (χ0) is 19.7. The average molecular weight is 391 g/mol. The Morgan fingerprint density at radius 1 is 1.21 bits per heavy atom. The number of phenols is 1. The molecule has 0 aliphatic rings. The summed E-state index contributed by atoms with van der Waals surface area (Å²) in [6.45, 7) is 3.99. The largest absolute Gasteiger partial charge is 0.508 e. The normalized spacial score (nSPS) is 11.1. The minimum Gasteiger partial charge on any atom is -0.508 e. The number of hydrogen-bond acceptors (Lipinski definition) is 4. The highest BCUT2D eigenvalue weighted by Gasteiger charge is 2.13. The number of thiazole rings is 1. The number of aromatic hydroxyl groups is 1. The number of rotatable bonds is 5. The molecule has 5 nitrogen and oxygen atoms in total. The molecule has 0 bridgehead atoms. The van der Waals surface area contributed by atoms with E-state index in [1.807, 2.05) is 22.9 Å². The van der Waals surface area contributed by atoms with E-state index in [0.717, 1.165) is 33.9 Å². The van der Waals surface area contributed by atoms with E-state index in [9.17, 15) is 9.90 Å². The topological polar surface area (TPSA) is 66.6 Å². The van der Waals surface area contributed by atoms with Crippen LogP contribution >= 0.6 is 11.3 Å². The highest BCUT2D eigenvalue weighted by atomic mass is 32.1. The van der Waals surface area contributed by atoms with Crippen LogP contribution in [-0.2, 0) is 17.6 Å². The fourth-order valence-electron chi connectivity index (χ4n) is 3.15. The maximum absolute atomic E-state index is 12.5. The second-order valence-corrected chi connectivity index (χ2v) is 7.62. The molecule has 0 aliphatic heterocycles. The van der Waals surface area contributed by atoms with Gasteiger partial charge in [-0.3, -0.25) is 9.20 Å². The molecule has 2 N–H and O–H groups in total. The third kappa shape index (κ3) is 3.64. The van der Waals surface area contributed by atoms with Crippen molar-refractivity contribution in [2.24, 2.45) is 0 Å². The van der Waals surface area contributed by atoms with Crippen LogP contribution in [0.4, 0.5) is 5.69 Å². The summed E-state index contributed by atoms with van der Waals surface area (Å²) in [5, 5.41) is 14.4. The lowest BCUT2D eigenvalue weighted by atomic mass is 10.1. The van der Waals surface area contributed by atoms with Crippen LogP contribution in [-0.4, -0.2) is 20.4 Å². The van der Waals surface area contributed by atoms with Gasteiger partial charge in [-0.2, -0.15) is 0 Å². The van der Waals surface area contributed by atoms with Crippen molar-refractivity contribution < 1.29 is 9.90 Å². The number of benzene rings is 2. The fraction of sp³-hybridized carbons (Fsp3) is 0.182. The van der Waals surface area contributed by atoms with Crippen molar-refractivity contribution in [3.8, 4) is 17.0 Å². The van der Waals surface area contributed by atoms with E-state index in [1.54, 1.807) is 18.2 Å². The second kappa shape index (κ2) is 7.48. The summed E-state index contributed by atoms with van der Waals surface area (Å²) in [5.41, 5.74) is 5.71. The Morgan fingerprint density at radius 3 is 2.71 bits per heavy atom. The van der Waals surface area contributed by atoms with Gasteiger partial charge in [0.25, 0.3) is 0 Å². The van der Waals surface area contributed by atoms with E-state index in [4.69, 9.17) is 4.98 Å². The van der Waals surface area contributed by atoms with Crippen molar-refractivity contribution in [1.82, 2.24) is 9.38 Å². The SMILES string of the molecule is CCc1ccc(-c2cn3c(CC(=O)Nc4ccc(O)cc4C)csc3n2)cc1. The number of hydrogen-bond donors (Lipinski definition) is 2. The van der Waals surface area contributed by atoms with Crippen molar-refractivity contribution in [3.63, 3.8) is 0 Å². The molecule has 142 valence electrons. The lowest BCUT2D eigenvalue weighted by Crippen LogP contribution is -2.15. The molecule has 4 rings (SSSR count). The summed E-state index contributed by atoms with van der Waals surface area (Å²) in [5.74, 6) is 0.0870. The maximum Gasteiger partial charge on any atom is 0.230 e. The van der Waals surface area contributed by atoms with Gasteiger partial charge in [0.2, 0.25) is 5.91 Å². The van der Waals surface area contributed by atoms with E-state index >= 15 is 0 Å². The number of anilines is 1. The Balaban J connectivity index is 1.54. The molecule has 2 aromatic heterocycles. The van der Waals surface area contributed by atoms with Gasteiger partial charge in [0.15, 0.2) is 4.96 Å². The molecule has 0 unspecified atom stereocenters. The Bertz CT molecular complexity index is 1140. The lowest BCUT2D eigenvalue weighted by molar-refractivity contribution is -0.115. The van der Waals surface area contributed by atoms with E-state index in [-0.39, 0.29) is 18.1 Å². The van der Waals surface area contributed by atoms with Gasteiger partial charge in [-0.05, 0) is 42.7 Å². The van der Waals surface area contributed by atoms with Crippen LogP contribution < -0.4 is 5.32 Å². The Hall–Kier alpha value is -3.12. The minimum atomic E-state index is -0.101. The predicted octanol–water partition coefficient (Wildman–Crippen LogP) is 4.82. The molecule has 28 heavy (non-hydrogen) atoms. The Labute approximate surface area is 167 Å². The standard InChI is InChI=1S/C22H21N3O2S/c1-3-15-4-6-16(7-5-15)20-12-25-17(13-28-22(25)24-20)11-21(27)23-19-9-8-18(26)10-14(19)2/h4-10,12-13,26H,3,11H2,1-2H3,(H,23,27). The molecular formula is C22H21N3O2S. The highest BCUT2D eigenvalue weighted by molar-refractivity contribution is 7.15. The van der Waals surface area contributed by atoms with Gasteiger partial charge < -0.3 is 10.4 Å². The smallest absolute Gasteiger partial charge is 0.230 e. The van der Waals surface area contributed by atoms with Gasteiger partial charge in [-0.1, -0.05) is 31.2 Å². The molecule has 6 heteroatoms. The quantitative estimate of drug-likeness (QED) is 0.479. The summed E-state index contributed by atoms with van der Waals surface area (Å²) >= 11 is 1.53. The zero-order valence-electron chi connectivity index (χ0n) is 15.8. The van der Waals surface area contributed by atoms with Gasteiger partial charge in [0.05, 0.1) is 12.1 Å². The summed E-state index contributed by atoms with van der Waals surface area (Å²) in [7, 11) is 0. The molecule has 0 atom stereocenters. The molecule has 2 aromatic carbocycles. The first-order valence-corrected chi connectivity index (χ1v) is 10.1. The van der Waals surface area contributed by atoms with Gasteiger partial charge in [-0.25, -0.2) is 4.98 Å². The Morgan fingerprint density at radius 2 is 2.00 bits per heavy atom. The highest BCUT2D eigenvalue weighted by Crippen LogP contribution is 2.25. The van der Waals surface area contributed by atoms with Gasteiger partial charge >= 0.3 is 0 Å². The summed E-state index contributed by atoms with van der Waals surface area (Å²) in [6.07, 6.45) is 3.25. The first kappa shape index (κ1) is 18.3. The second-order valence-electron chi connectivity index (χ2n) is 6.78. The number of fused-ring (bicyclic) bond motifs is 1. The number of phenolic OH excluding ortho intramolecular Hbond substituents is 1. The number of imidazole rings is 1. The summed E-state index contributed by atoms with van der Waals surface area (Å²) in [6, 6.07) is 13.3. The van der Waals surface area contributed by atoms with Gasteiger partial charge in [-0.15, -0.1) is 11.3 Å². The lowest BCUT2D eigenvalue weighted by Gasteiger charge is -2.08. The average Bonchev–Trinajstić information content (AvgIpc) is 3.26. The number of carbonyl (C=O) groups is 1. The number of aryl methyl sites for hydroxylation is 2. The van der Waals surface area contributed by atoms with Crippen LogP contribution in [0, 0.1) is 6.92 Å². The van der Waals surface area contributed by atoms with E-state index in [2.05, 4.69) is 36.5 Å². The summed E-state index contributed by atoms with van der Waals surface area (Å²) in [4.78, 5) is 18.1. The first-order valence-electron chi connectivity index (χ1n) is 9.17. The van der Waals surface area contributed by atoms with Crippen molar-refractivity contribution in [3.05, 3.63) is 70.9 Å². The molecule has 0 fully saturated rings. The van der Waals surface area contributed by atoms with Crippen LogP contribution in [0.15, 0.2) is 54.0 Å². The predicted molar refractivity (Wildman–Crippen MR) is 113 cm³/mol. The molecular weight excluding hydrogens is 370 g/mol. The summed E-state index contributed by atoms with van der Waals surface area (Å²) < 4.78 is 1.98. The maximum atomic E-state index is 12.5. The van der Waals surface area contributed by atoms with Crippen LogP contribution in [0.2, 0.25) is 0 Å². The van der Waals surface area contributed by atoms with E-state index < -0.39 is 0 Å². The van der Waals surface area contributed by atoms with Gasteiger partial charge in [0, 0.05) is 28.5 Å². The molecule has 0 aliphatic carbocycles. The fourth-order valence-corrected chi connectivity index (χ4v) is 4.03. The van der Waals surface area contributed by atoms with E-state index in [1.165, 1.54) is 16.9 Å². The number of aromatic nitrogens is 2.